The lowest BCUT2D eigenvalue weighted by atomic mass is 10.2. The van der Waals surface area contributed by atoms with Crippen molar-refractivity contribution in [2.24, 2.45) is 0 Å². The molecule has 1 aliphatic rings. The number of hydrogen-bond acceptors (Lipinski definition) is 4. The van der Waals surface area contributed by atoms with E-state index in [-0.39, 0.29) is 5.56 Å². The van der Waals surface area contributed by atoms with Crippen molar-refractivity contribution in [2.45, 2.75) is 52.0 Å². The second kappa shape index (κ2) is 8.82. The van der Waals surface area contributed by atoms with E-state index in [2.05, 4.69) is 22.2 Å². The Morgan fingerprint density at radius 1 is 1.19 bits per heavy atom. The fraction of sp³-hybridized carbons (Fsp3) is 0.750. The first kappa shape index (κ1) is 16.0. The average molecular weight is 292 g/mol. The van der Waals surface area contributed by atoms with E-state index in [1.807, 2.05) is 6.20 Å². The molecule has 2 heterocycles. The molecule has 1 N–H and O–H groups in total. The Morgan fingerprint density at radius 3 is 2.71 bits per heavy atom. The zero-order valence-corrected chi connectivity index (χ0v) is 13.2. The van der Waals surface area contributed by atoms with Crippen LogP contribution >= 0.6 is 0 Å². The van der Waals surface area contributed by atoms with Crippen LogP contribution in [0.3, 0.4) is 0 Å². The highest BCUT2D eigenvalue weighted by molar-refractivity contribution is 5.43. The van der Waals surface area contributed by atoms with Crippen molar-refractivity contribution in [3.63, 3.8) is 0 Å². The van der Waals surface area contributed by atoms with E-state index in [9.17, 15) is 4.79 Å². The van der Waals surface area contributed by atoms with Crippen LogP contribution in [0.2, 0.25) is 0 Å². The van der Waals surface area contributed by atoms with Crippen LogP contribution in [0.25, 0.3) is 0 Å². The minimum Gasteiger partial charge on any atom is -0.370 e. The van der Waals surface area contributed by atoms with Gasteiger partial charge in [0.25, 0.3) is 5.56 Å². The predicted molar refractivity (Wildman–Crippen MR) is 87.0 cm³/mol. The summed E-state index contributed by atoms with van der Waals surface area (Å²) in [6.07, 6.45) is 9.32. The lowest BCUT2D eigenvalue weighted by molar-refractivity contribution is 0.518. The predicted octanol–water partition coefficient (Wildman–Crippen LogP) is 2.01. The maximum absolute atomic E-state index is 12.0. The molecule has 1 fully saturated rings. The third-order valence-electron chi connectivity index (χ3n) is 4.03. The molecule has 0 atom stereocenters. The maximum atomic E-state index is 12.0. The van der Waals surface area contributed by atoms with Gasteiger partial charge in [0, 0.05) is 25.7 Å². The number of anilines is 1. The largest absolute Gasteiger partial charge is 0.370 e. The standard InChI is InChI=1S/C16H28N4O/c1-2-3-4-5-8-17-9-12-20-16(21)13-15(14-18-20)19-10-6-7-11-19/h13-14,17H,2-12H2,1H3. The smallest absolute Gasteiger partial charge is 0.268 e. The zero-order chi connectivity index (χ0) is 14.9. The van der Waals surface area contributed by atoms with Gasteiger partial charge in [-0.1, -0.05) is 26.2 Å². The minimum atomic E-state index is 0.00665. The van der Waals surface area contributed by atoms with Gasteiger partial charge in [0.2, 0.25) is 0 Å². The second-order valence-electron chi connectivity index (χ2n) is 5.78. The van der Waals surface area contributed by atoms with Gasteiger partial charge >= 0.3 is 0 Å². The third-order valence-corrected chi connectivity index (χ3v) is 4.03. The molecule has 1 aromatic rings. The molecule has 0 spiro atoms. The number of unbranched alkanes of at least 4 members (excludes halogenated alkanes) is 3. The molecule has 0 unspecified atom stereocenters. The Kier molecular flexibility index (Phi) is 6.73. The molecule has 21 heavy (non-hydrogen) atoms. The molecular formula is C16H28N4O. The van der Waals surface area contributed by atoms with Gasteiger partial charge in [0.05, 0.1) is 18.4 Å². The van der Waals surface area contributed by atoms with E-state index in [4.69, 9.17) is 0 Å². The summed E-state index contributed by atoms with van der Waals surface area (Å²) in [5.74, 6) is 0. The zero-order valence-electron chi connectivity index (χ0n) is 13.2. The van der Waals surface area contributed by atoms with E-state index < -0.39 is 0 Å². The van der Waals surface area contributed by atoms with Gasteiger partial charge < -0.3 is 10.2 Å². The van der Waals surface area contributed by atoms with E-state index in [1.165, 1.54) is 38.5 Å². The molecular weight excluding hydrogens is 264 g/mol. The molecule has 0 radical (unpaired) electrons. The first-order valence-electron chi connectivity index (χ1n) is 8.34. The number of aromatic nitrogens is 2. The second-order valence-corrected chi connectivity index (χ2v) is 5.78. The number of nitrogens with zero attached hydrogens (tertiary/aromatic N) is 3. The van der Waals surface area contributed by atoms with Gasteiger partial charge in [-0.15, -0.1) is 0 Å². The molecule has 118 valence electrons. The van der Waals surface area contributed by atoms with Crippen LogP contribution in [-0.2, 0) is 6.54 Å². The van der Waals surface area contributed by atoms with Crippen molar-refractivity contribution in [1.82, 2.24) is 15.1 Å². The van der Waals surface area contributed by atoms with Gasteiger partial charge in [0.1, 0.15) is 0 Å². The first-order chi connectivity index (χ1) is 10.3. The van der Waals surface area contributed by atoms with Crippen LogP contribution in [0.15, 0.2) is 17.1 Å². The van der Waals surface area contributed by atoms with Crippen LogP contribution in [0.5, 0.6) is 0 Å². The Morgan fingerprint density at radius 2 is 2.00 bits per heavy atom. The number of hydrogen-bond donors (Lipinski definition) is 1. The molecule has 5 heteroatoms. The van der Waals surface area contributed by atoms with Gasteiger partial charge in [-0.3, -0.25) is 4.79 Å². The van der Waals surface area contributed by atoms with Crippen LogP contribution in [-0.4, -0.2) is 36.0 Å². The molecule has 0 aromatic carbocycles. The molecule has 1 aliphatic heterocycles. The molecule has 5 nitrogen and oxygen atoms in total. The Balaban J connectivity index is 1.72. The molecule has 0 bridgehead atoms. The van der Waals surface area contributed by atoms with Crippen LogP contribution in [0.1, 0.15) is 45.4 Å². The maximum Gasteiger partial charge on any atom is 0.268 e. The number of nitrogens with one attached hydrogen (secondary N) is 1. The highest BCUT2D eigenvalue weighted by atomic mass is 16.1. The minimum absolute atomic E-state index is 0.00665. The molecule has 0 amide bonds. The molecule has 2 rings (SSSR count). The molecule has 0 saturated carbocycles. The van der Waals surface area contributed by atoms with Crippen molar-refractivity contribution in [2.75, 3.05) is 31.1 Å². The van der Waals surface area contributed by atoms with E-state index >= 15 is 0 Å². The van der Waals surface area contributed by atoms with Crippen LogP contribution in [0.4, 0.5) is 5.69 Å². The fourth-order valence-corrected chi connectivity index (χ4v) is 2.73. The summed E-state index contributed by atoms with van der Waals surface area (Å²) in [7, 11) is 0. The summed E-state index contributed by atoms with van der Waals surface area (Å²) in [6.45, 7) is 6.79. The van der Waals surface area contributed by atoms with Gasteiger partial charge in [0.15, 0.2) is 0 Å². The summed E-state index contributed by atoms with van der Waals surface area (Å²) in [5, 5.41) is 7.67. The van der Waals surface area contributed by atoms with Gasteiger partial charge in [-0.2, -0.15) is 5.10 Å². The lowest BCUT2D eigenvalue weighted by Crippen LogP contribution is -2.30. The first-order valence-corrected chi connectivity index (χ1v) is 8.34. The Hall–Kier alpha value is -1.36. The Labute approximate surface area is 127 Å². The summed E-state index contributed by atoms with van der Waals surface area (Å²) < 4.78 is 1.55. The Bertz CT molecular complexity index is 466. The molecule has 0 aliphatic carbocycles. The normalized spacial score (nSPS) is 14.8. The molecule has 1 saturated heterocycles. The van der Waals surface area contributed by atoms with Crippen molar-refractivity contribution < 1.29 is 0 Å². The van der Waals surface area contributed by atoms with E-state index in [0.29, 0.717) is 6.54 Å². The fourth-order valence-electron chi connectivity index (χ4n) is 2.73. The highest BCUT2D eigenvalue weighted by Gasteiger charge is 2.13. The van der Waals surface area contributed by atoms with Crippen molar-refractivity contribution in [1.29, 1.82) is 0 Å². The lowest BCUT2D eigenvalue weighted by Gasteiger charge is -2.17. The van der Waals surface area contributed by atoms with E-state index in [1.54, 1.807) is 10.7 Å². The monoisotopic (exact) mass is 292 g/mol. The van der Waals surface area contributed by atoms with E-state index in [0.717, 1.165) is 31.9 Å². The van der Waals surface area contributed by atoms with Crippen molar-refractivity contribution in [3.8, 4) is 0 Å². The van der Waals surface area contributed by atoms with Crippen molar-refractivity contribution >= 4 is 5.69 Å². The highest BCUT2D eigenvalue weighted by Crippen LogP contribution is 2.16. The van der Waals surface area contributed by atoms with Crippen LogP contribution < -0.4 is 15.8 Å². The summed E-state index contributed by atoms with van der Waals surface area (Å²) in [5.41, 5.74) is 0.980. The van der Waals surface area contributed by atoms with Crippen LogP contribution in [0, 0.1) is 0 Å². The topological polar surface area (TPSA) is 50.2 Å². The van der Waals surface area contributed by atoms with Gasteiger partial charge in [-0.05, 0) is 25.8 Å². The summed E-state index contributed by atoms with van der Waals surface area (Å²) in [6, 6.07) is 1.72. The number of rotatable bonds is 9. The van der Waals surface area contributed by atoms with Gasteiger partial charge in [-0.25, -0.2) is 4.68 Å². The third kappa shape index (κ3) is 5.16. The average Bonchev–Trinajstić information content (AvgIpc) is 3.02. The summed E-state index contributed by atoms with van der Waals surface area (Å²) >= 11 is 0. The SMILES string of the molecule is CCCCCCNCCn1ncc(N2CCCC2)cc1=O. The molecule has 1 aromatic heterocycles. The van der Waals surface area contributed by atoms with Crippen molar-refractivity contribution in [3.05, 3.63) is 22.6 Å². The summed E-state index contributed by atoms with van der Waals surface area (Å²) in [4.78, 5) is 14.3. The quantitative estimate of drug-likeness (QED) is 0.707.